The van der Waals surface area contributed by atoms with E-state index in [2.05, 4.69) is 54.0 Å². The molecule has 0 spiro atoms. The first kappa shape index (κ1) is 12.3. The van der Waals surface area contributed by atoms with E-state index in [1.807, 2.05) is 18.3 Å². The van der Waals surface area contributed by atoms with E-state index in [9.17, 15) is 0 Å². The van der Waals surface area contributed by atoms with Crippen molar-refractivity contribution in [3.05, 3.63) is 36.2 Å². The molecule has 0 saturated carbocycles. The van der Waals surface area contributed by atoms with Crippen molar-refractivity contribution in [3.63, 3.8) is 0 Å². The number of likely N-dealkylation sites (N-methyl/N-ethyl adjacent to an activating group) is 1. The second kappa shape index (κ2) is 5.47. The Labute approximate surface area is 107 Å². The van der Waals surface area contributed by atoms with Crippen molar-refractivity contribution in [2.75, 3.05) is 26.4 Å². The molecule has 1 atom stereocenters. The summed E-state index contributed by atoms with van der Waals surface area (Å²) in [4.78, 5) is 2.16. The molecule has 90 valence electrons. The van der Waals surface area contributed by atoms with Crippen molar-refractivity contribution in [1.82, 2.24) is 15.1 Å². The minimum atomic E-state index is 0.312. The normalized spacial score (nSPS) is 13.2. The fourth-order valence-corrected chi connectivity index (χ4v) is 2.31. The first-order valence-corrected chi connectivity index (χ1v) is 6.31. The van der Waals surface area contributed by atoms with Gasteiger partial charge in [-0.2, -0.15) is 22.8 Å². The summed E-state index contributed by atoms with van der Waals surface area (Å²) in [6, 6.07) is 8.23. The first-order chi connectivity index (χ1) is 8.22. The van der Waals surface area contributed by atoms with Gasteiger partial charge in [-0.05, 0) is 19.8 Å². The Bertz CT molecular complexity index is 493. The number of rotatable bonds is 4. The van der Waals surface area contributed by atoms with Crippen LogP contribution in [-0.2, 0) is 0 Å². The quantitative estimate of drug-likeness (QED) is 0.840. The second-order valence-electron chi connectivity index (χ2n) is 4.46. The maximum absolute atomic E-state index is 4.43. The molecule has 3 nitrogen and oxygen atoms in total. The lowest BCUT2D eigenvalue weighted by Crippen LogP contribution is -2.22. The van der Waals surface area contributed by atoms with Crippen LogP contribution in [-0.4, -0.2) is 41.5 Å². The Hall–Kier alpha value is -1.13. The van der Waals surface area contributed by atoms with Gasteiger partial charge in [0.2, 0.25) is 0 Å². The molecule has 1 unspecified atom stereocenters. The summed E-state index contributed by atoms with van der Waals surface area (Å²) in [5.41, 5.74) is 1.05. The lowest BCUT2D eigenvalue weighted by atomic mass is 10.0. The van der Waals surface area contributed by atoms with E-state index < -0.39 is 0 Å². The summed E-state index contributed by atoms with van der Waals surface area (Å²) in [6.07, 6.45) is 1.81. The SMILES string of the molecule is CN(C)CC(CS)c1nncc2ccccc12. The zero-order valence-corrected chi connectivity index (χ0v) is 11.1. The molecule has 0 bridgehead atoms. The van der Waals surface area contributed by atoms with Gasteiger partial charge in [-0.3, -0.25) is 0 Å². The highest BCUT2D eigenvalue weighted by atomic mass is 32.1. The van der Waals surface area contributed by atoms with E-state index in [-0.39, 0.29) is 0 Å². The molecule has 2 aromatic rings. The minimum Gasteiger partial charge on any atom is -0.309 e. The summed E-state index contributed by atoms with van der Waals surface area (Å²) in [5.74, 6) is 1.09. The lowest BCUT2D eigenvalue weighted by Gasteiger charge is -2.19. The summed E-state index contributed by atoms with van der Waals surface area (Å²) in [6.45, 7) is 0.937. The molecule has 0 aliphatic carbocycles. The van der Waals surface area contributed by atoms with Crippen molar-refractivity contribution in [2.45, 2.75) is 5.92 Å². The number of benzene rings is 1. The molecule has 2 rings (SSSR count). The molecule has 0 amide bonds. The lowest BCUT2D eigenvalue weighted by molar-refractivity contribution is 0.382. The van der Waals surface area contributed by atoms with Gasteiger partial charge in [-0.25, -0.2) is 0 Å². The van der Waals surface area contributed by atoms with Crippen molar-refractivity contribution in [2.24, 2.45) is 0 Å². The fraction of sp³-hybridized carbons (Fsp3) is 0.385. The molecular formula is C13H17N3S. The van der Waals surface area contributed by atoms with Crippen LogP contribution in [0.3, 0.4) is 0 Å². The van der Waals surface area contributed by atoms with Crippen LogP contribution in [0.1, 0.15) is 11.6 Å². The molecule has 0 aliphatic rings. The molecule has 17 heavy (non-hydrogen) atoms. The Morgan fingerprint density at radius 1 is 1.29 bits per heavy atom. The van der Waals surface area contributed by atoms with Gasteiger partial charge >= 0.3 is 0 Å². The van der Waals surface area contributed by atoms with Crippen LogP contribution in [0.15, 0.2) is 30.5 Å². The predicted octanol–water partition coefficient (Wildman–Crippen LogP) is 2.20. The van der Waals surface area contributed by atoms with E-state index >= 15 is 0 Å². The third kappa shape index (κ3) is 2.76. The Kier molecular flexibility index (Phi) is 3.97. The van der Waals surface area contributed by atoms with Crippen molar-refractivity contribution < 1.29 is 0 Å². The molecule has 1 aromatic carbocycles. The average Bonchev–Trinajstić information content (AvgIpc) is 2.35. The van der Waals surface area contributed by atoms with Crippen molar-refractivity contribution >= 4 is 23.4 Å². The monoisotopic (exact) mass is 247 g/mol. The summed E-state index contributed by atoms with van der Waals surface area (Å²) < 4.78 is 0. The highest BCUT2D eigenvalue weighted by molar-refractivity contribution is 7.80. The maximum Gasteiger partial charge on any atom is 0.0761 e. The van der Waals surface area contributed by atoms with Gasteiger partial charge in [-0.15, -0.1) is 0 Å². The van der Waals surface area contributed by atoms with Gasteiger partial charge in [0.05, 0.1) is 11.9 Å². The van der Waals surface area contributed by atoms with E-state index in [0.717, 1.165) is 23.4 Å². The number of hydrogen-bond donors (Lipinski definition) is 1. The van der Waals surface area contributed by atoms with Crippen molar-refractivity contribution in [3.8, 4) is 0 Å². The van der Waals surface area contributed by atoms with Gasteiger partial charge in [-0.1, -0.05) is 24.3 Å². The zero-order chi connectivity index (χ0) is 12.3. The zero-order valence-electron chi connectivity index (χ0n) is 10.2. The van der Waals surface area contributed by atoms with Crippen LogP contribution in [0.2, 0.25) is 0 Å². The van der Waals surface area contributed by atoms with Crippen LogP contribution in [0.25, 0.3) is 10.8 Å². The van der Waals surface area contributed by atoms with Gasteiger partial charge in [0.1, 0.15) is 0 Å². The third-order valence-electron chi connectivity index (χ3n) is 2.79. The topological polar surface area (TPSA) is 29.0 Å². The van der Waals surface area contributed by atoms with Gasteiger partial charge in [0, 0.05) is 23.2 Å². The predicted molar refractivity (Wildman–Crippen MR) is 74.7 cm³/mol. The first-order valence-electron chi connectivity index (χ1n) is 5.68. The average molecular weight is 247 g/mol. The Morgan fingerprint density at radius 2 is 2.06 bits per heavy atom. The van der Waals surface area contributed by atoms with E-state index in [0.29, 0.717) is 5.92 Å². The maximum atomic E-state index is 4.43. The summed E-state index contributed by atoms with van der Waals surface area (Å²) >= 11 is 4.43. The molecule has 0 aliphatic heterocycles. The van der Waals surface area contributed by atoms with Crippen LogP contribution in [0.4, 0.5) is 0 Å². The van der Waals surface area contributed by atoms with Crippen LogP contribution in [0.5, 0.6) is 0 Å². The molecule has 1 aromatic heterocycles. The number of aromatic nitrogens is 2. The largest absolute Gasteiger partial charge is 0.309 e. The third-order valence-corrected chi connectivity index (χ3v) is 3.23. The molecular weight excluding hydrogens is 230 g/mol. The molecule has 1 heterocycles. The fourth-order valence-electron chi connectivity index (χ4n) is 2.02. The van der Waals surface area contributed by atoms with Crippen LogP contribution >= 0.6 is 12.6 Å². The summed E-state index contributed by atoms with van der Waals surface area (Å²) in [7, 11) is 4.13. The number of fused-ring (bicyclic) bond motifs is 1. The van der Waals surface area contributed by atoms with Crippen LogP contribution in [0, 0.1) is 0 Å². The molecule has 0 N–H and O–H groups in total. The summed E-state index contributed by atoms with van der Waals surface area (Å²) in [5, 5.41) is 10.7. The van der Waals surface area contributed by atoms with Crippen molar-refractivity contribution in [1.29, 1.82) is 0 Å². The number of hydrogen-bond acceptors (Lipinski definition) is 4. The minimum absolute atomic E-state index is 0.312. The number of nitrogens with zero attached hydrogens (tertiary/aromatic N) is 3. The van der Waals surface area contributed by atoms with Gasteiger partial charge < -0.3 is 4.90 Å². The molecule has 0 fully saturated rings. The molecule has 0 saturated heterocycles. The molecule has 4 heteroatoms. The highest BCUT2D eigenvalue weighted by Gasteiger charge is 2.15. The number of thiol groups is 1. The standard InChI is InChI=1S/C13H17N3S/c1-16(2)8-11(9-17)13-12-6-4-3-5-10(12)7-14-15-13/h3-7,11,17H,8-9H2,1-2H3. The second-order valence-corrected chi connectivity index (χ2v) is 4.82. The Balaban J connectivity index is 2.46. The van der Waals surface area contributed by atoms with E-state index in [1.165, 1.54) is 5.39 Å². The van der Waals surface area contributed by atoms with Crippen LogP contribution < -0.4 is 0 Å². The van der Waals surface area contributed by atoms with E-state index in [1.54, 1.807) is 0 Å². The van der Waals surface area contributed by atoms with Gasteiger partial charge in [0.25, 0.3) is 0 Å². The molecule has 0 radical (unpaired) electrons. The smallest absolute Gasteiger partial charge is 0.0761 e. The Morgan fingerprint density at radius 3 is 2.76 bits per heavy atom. The van der Waals surface area contributed by atoms with E-state index in [4.69, 9.17) is 0 Å². The van der Waals surface area contributed by atoms with Gasteiger partial charge in [0.15, 0.2) is 0 Å². The highest BCUT2D eigenvalue weighted by Crippen LogP contribution is 2.23.